The van der Waals surface area contributed by atoms with Gasteiger partial charge in [0.15, 0.2) is 0 Å². The van der Waals surface area contributed by atoms with E-state index in [1.165, 1.54) is 12.8 Å². The van der Waals surface area contributed by atoms with Crippen LogP contribution < -0.4 is 11.3 Å². The average molecular weight is 199 g/mol. The van der Waals surface area contributed by atoms with Gasteiger partial charge in [0.25, 0.3) is 5.91 Å². The fourth-order valence-corrected chi connectivity index (χ4v) is 2.18. The normalized spacial score (nSPS) is 24.9. The van der Waals surface area contributed by atoms with Gasteiger partial charge in [0.05, 0.1) is 6.04 Å². The van der Waals surface area contributed by atoms with Gasteiger partial charge in [-0.05, 0) is 25.3 Å². The fourth-order valence-electron chi connectivity index (χ4n) is 2.18. The van der Waals surface area contributed by atoms with Crippen molar-refractivity contribution in [3.63, 3.8) is 0 Å². The molecule has 82 valence electrons. The Morgan fingerprint density at radius 3 is 2.79 bits per heavy atom. The summed E-state index contributed by atoms with van der Waals surface area (Å²) in [7, 11) is 0. The van der Waals surface area contributed by atoms with Gasteiger partial charge in [-0.3, -0.25) is 15.1 Å². The summed E-state index contributed by atoms with van der Waals surface area (Å²) < 4.78 is 0. The van der Waals surface area contributed by atoms with E-state index in [1.54, 1.807) is 0 Å². The van der Waals surface area contributed by atoms with Crippen molar-refractivity contribution in [2.75, 3.05) is 13.1 Å². The van der Waals surface area contributed by atoms with Gasteiger partial charge in [-0.25, -0.2) is 5.84 Å². The molecule has 1 amide bonds. The first-order chi connectivity index (χ1) is 6.72. The number of hydrogen-bond acceptors (Lipinski definition) is 3. The smallest absolute Gasteiger partial charge is 0.251 e. The predicted octanol–water partition coefficient (Wildman–Crippen LogP) is 0.487. The third kappa shape index (κ3) is 2.45. The van der Waals surface area contributed by atoms with Crippen LogP contribution in [0.25, 0.3) is 0 Å². The van der Waals surface area contributed by atoms with Gasteiger partial charge < -0.3 is 0 Å². The maximum Gasteiger partial charge on any atom is 0.251 e. The van der Waals surface area contributed by atoms with Crippen LogP contribution in [0.5, 0.6) is 0 Å². The van der Waals surface area contributed by atoms with E-state index >= 15 is 0 Å². The molecule has 1 aliphatic heterocycles. The van der Waals surface area contributed by atoms with Crippen molar-refractivity contribution in [1.29, 1.82) is 0 Å². The lowest BCUT2D eigenvalue weighted by Crippen LogP contribution is -2.48. The van der Waals surface area contributed by atoms with E-state index in [4.69, 9.17) is 5.84 Å². The van der Waals surface area contributed by atoms with Crippen LogP contribution in [0, 0.1) is 5.92 Å². The quantitative estimate of drug-likeness (QED) is 0.393. The van der Waals surface area contributed by atoms with Gasteiger partial charge in [-0.2, -0.15) is 0 Å². The molecule has 0 spiro atoms. The molecule has 4 nitrogen and oxygen atoms in total. The summed E-state index contributed by atoms with van der Waals surface area (Å²) in [5.74, 6) is 5.86. The number of carbonyl (C=O) groups excluding carboxylic acids is 1. The van der Waals surface area contributed by atoms with Crippen LogP contribution in [0.1, 0.15) is 33.1 Å². The number of nitrogens with one attached hydrogen (secondary N) is 1. The molecular formula is C10H21N3O. The Kier molecular flexibility index (Phi) is 4.35. The molecule has 1 saturated heterocycles. The van der Waals surface area contributed by atoms with Crippen molar-refractivity contribution in [3.8, 4) is 0 Å². The molecule has 0 aromatic heterocycles. The molecular weight excluding hydrogens is 178 g/mol. The third-order valence-corrected chi connectivity index (χ3v) is 3.17. The molecule has 1 aliphatic rings. The fraction of sp³-hybridized carbons (Fsp3) is 0.900. The number of hydrogen-bond donors (Lipinski definition) is 2. The molecule has 2 unspecified atom stereocenters. The number of likely N-dealkylation sites (tertiary alicyclic amines) is 1. The Morgan fingerprint density at radius 2 is 2.36 bits per heavy atom. The van der Waals surface area contributed by atoms with Gasteiger partial charge >= 0.3 is 0 Å². The number of amides is 1. The lowest BCUT2D eigenvalue weighted by Gasteiger charge is -2.24. The van der Waals surface area contributed by atoms with Crippen LogP contribution in [0.2, 0.25) is 0 Å². The van der Waals surface area contributed by atoms with Crippen molar-refractivity contribution in [3.05, 3.63) is 0 Å². The van der Waals surface area contributed by atoms with Gasteiger partial charge in [0.1, 0.15) is 0 Å². The molecule has 1 rings (SSSR count). The van der Waals surface area contributed by atoms with Gasteiger partial charge in [0.2, 0.25) is 0 Å². The number of nitrogens with zero attached hydrogens (tertiary/aromatic N) is 1. The first kappa shape index (κ1) is 11.5. The van der Waals surface area contributed by atoms with Gasteiger partial charge in [0, 0.05) is 6.54 Å². The summed E-state index contributed by atoms with van der Waals surface area (Å²) in [6.07, 6.45) is 3.25. The first-order valence-electron chi connectivity index (χ1n) is 5.47. The number of carbonyl (C=O) groups is 1. The van der Waals surface area contributed by atoms with Crippen molar-refractivity contribution >= 4 is 5.91 Å². The Morgan fingerprint density at radius 1 is 1.64 bits per heavy atom. The SMILES string of the molecule is CCC1CCN(C(CC)C(=O)NN)C1. The highest BCUT2D eigenvalue weighted by molar-refractivity contribution is 5.81. The summed E-state index contributed by atoms with van der Waals surface area (Å²) in [5, 5.41) is 0. The highest BCUT2D eigenvalue weighted by atomic mass is 16.2. The summed E-state index contributed by atoms with van der Waals surface area (Å²) >= 11 is 0. The maximum absolute atomic E-state index is 11.4. The first-order valence-corrected chi connectivity index (χ1v) is 5.47. The van der Waals surface area contributed by atoms with E-state index in [1.807, 2.05) is 6.92 Å². The van der Waals surface area contributed by atoms with E-state index in [2.05, 4.69) is 17.2 Å². The molecule has 0 saturated carbocycles. The summed E-state index contributed by atoms with van der Waals surface area (Å²) in [6, 6.07) is -0.0310. The molecule has 2 atom stereocenters. The van der Waals surface area contributed by atoms with Crippen LogP contribution in [0.15, 0.2) is 0 Å². The lowest BCUT2D eigenvalue weighted by atomic mass is 10.1. The molecule has 0 radical (unpaired) electrons. The molecule has 4 heteroatoms. The van der Waals surface area contributed by atoms with E-state index < -0.39 is 0 Å². The van der Waals surface area contributed by atoms with Crippen molar-refractivity contribution in [1.82, 2.24) is 10.3 Å². The predicted molar refractivity (Wildman–Crippen MR) is 56.4 cm³/mol. The summed E-state index contributed by atoms with van der Waals surface area (Å²) in [5.41, 5.74) is 2.25. The van der Waals surface area contributed by atoms with Gasteiger partial charge in [-0.15, -0.1) is 0 Å². The van der Waals surface area contributed by atoms with E-state index in [0.29, 0.717) is 0 Å². The van der Waals surface area contributed by atoms with Crippen molar-refractivity contribution < 1.29 is 4.79 Å². The second-order valence-corrected chi connectivity index (χ2v) is 3.99. The second kappa shape index (κ2) is 5.32. The molecule has 0 aromatic rings. The Balaban J connectivity index is 2.50. The van der Waals surface area contributed by atoms with E-state index in [0.717, 1.165) is 25.4 Å². The largest absolute Gasteiger partial charge is 0.293 e. The molecule has 0 aliphatic carbocycles. The Bertz CT molecular complexity index is 196. The zero-order chi connectivity index (χ0) is 10.6. The Hall–Kier alpha value is -0.610. The highest BCUT2D eigenvalue weighted by Crippen LogP contribution is 2.22. The standard InChI is InChI=1S/C10H21N3O/c1-3-8-5-6-13(7-8)9(4-2)10(14)12-11/h8-9H,3-7,11H2,1-2H3,(H,12,14). The number of hydrazine groups is 1. The minimum atomic E-state index is -0.0516. The van der Waals surface area contributed by atoms with Crippen LogP contribution in [-0.4, -0.2) is 29.9 Å². The summed E-state index contributed by atoms with van der Waals surface area (Å²) in [4.78, 5) is 13.7. The topological polar surface area (TPSA) is 58.4 Å². The minimum Gasteiger partial charge on any atom is -0.293 e. The third-order valence-electron chi connectivity index (χ3n) is 3.17. The molecule has 0 aromatic carbocycles. The Labute approximate surface area is 85.8 Å². The van der Waals surface area contributed by atoms with Crippen LogP contribution in [0.3, 0.4) is 0 Å². The zero-order valence-corrected chi connectivity index (χ0v) is 9.12. The monoisotopic (exact) mass is 199 g/mol. The average Bonchev–Trinajstić information content (AvgIpc) is 2.67. The molecule has 1 heterocycles. The minimum absolute atomic E-state index is 0.0310. The molecule has 1 fully saturated rings. The van der Waals surface area contributed by atoms with E-state index in [9.17, 15) is 4.79 Å². The molecule has 0 bridgehead atoms. The van der Waals surface area contributed by atoms with Crippen LogP contribution in [-0.2, 0) is 4.79 Å². The van der Waals surface area contributed by atoms with Crippen molar-refractivity contribution in [2.24, 2.45) is 11.8 Å². The summed E-state index contributed by atoms with van der Waals surface area (Å²) in [6.45, 7) is 6.31. The van der Waals surface area contributed by atoms with Crippen LogP contribution in [0.4, 0.5) is 0 Å². The molecule has 14 heavy (non-hydrogen) atoms. The van der Waals surface area contributed by atoms with Crippen LogP contribution >= 0.6 is 0 Å². The number of nitrogens with two attached hydrogens (primary N) is 1. The van der Waals surface area contributed by atoms with E-state index in [-0.39, 0.29) is 11.9 Å². The molecule has 3 N–H and O–H groups in total. The zero-order valence-electron chi connectivity index (χ0n) is 9.12. The van der Waals surface area contributed by atoms with Gasteiger partial charge in [-0.1, -0.05) is 20.3 Å². The number of rotatable bonds is 4. The highest BCUT2D eigenvalue weighted by Gasteiger charge is 2.29. The lowest BCUT2D eigenvalue weighted by molar-refractivity contribution is -0.126. The second-order valence-electron chi connectivity index (χ2n) is 3.99. The maximum atomic E-state index is 11.4. The van der Waals surface area contributed by atoms with Crippen molar-refractivity contribution in [2.45, 2.75) is 39.2 Å².